The highest BCUT2D eigenvalue weighted by Gasteiger charge is 2.48. The standard InChI is InChI=1S/C13H20O4S/c14-7-9-10(12-5-4-11(9)17-12)8-18-6-2-1-3-13(15)16/h7,9-12H,1-6,8H2,(H,15,16)/t9-,10+,11-,12+/m0/s1. The van der Waals surface area contributed by atoms with Crippen molar-refractivity contribution < 1.29 is 19.4 Å². The number of ether oxygens (including phenoxy) is 1. The second-order valence-corrected chi connectivity index (χ2v) is 6.24. The Morgan fingerprint density at radius 3 is 2.83 bits per heavy atom. The second-order valence-electron chi connectivity index (χ2n) is 5.09. The van der Waals surface area contributed by atoms with Crippen molar-refractivity contribution in [2.75, 3.05) is 11.5 Å². The second kappa shape index (κ2) is 6.57. The van der Waals surface area contributed by atoms with Gasteiger partial charge in [0.2, 0.25) is 0 Å². The number of carboxylic acid groups (broad SMARTS) is 1. The number of aliphatic carboxylic acids is 1. The van der Waals surface area contributed by atoms with Gasteiger partial charge in [-0.15, -0.1) is 0 Å². The highest BCUT2D eigenvalue weighted by molar-refractivity contribution is 7.99. The van der Waals surface area contributed by atoms with Crippen molar-refractivity contribution in [1.29, 1.82) is 0 Å². The molecule has 4 nitrogen and oxygen atoms in total. The number of fused-ring (bicyclic) bond motifs is 2. The Bertz CT molecular complexity index is 307. The van der Waals surface area contributed by atoms with E-state index in [9.17, 15) is 9.59 Å². The molecule has 2 fully saturated rings. The average molecular weight is 272 g/mol. The number of carboxylic acids is 1. The van der Waals surface area contributed by atoms with Crippen LogP contribution in [0.15, 0.2) is 0 Å². The zero-order valence-electron chi connectivity index (χ0n) is 10.4. The van der Waals surface area contributed by atoms with Crippen molar-refractivity contribution in [1.82, 2.24) is 0 Å². The molecule has 0 spiro atoms. The fourth-order valence-electron chi connectivity index (χ4n) is 2.92. The van der Waals surface area contributed by atoms with Crippen LogP contribution in [0.25, 0.3) is 0 Å². The van der Waals surface area contributed by atoms with E-state index in [1.165, 1.54) is 0 Å². The van der Waals surface area contributed by atoms with Crippen molar-refractivity contribution in [3.8, 4) is 0 Å². The summed E-state index contributed by atoms with van der Waals surface area (Å²) in [6.45, 7) is 0. The quantitative estimate of drug-likeness (QED) is 0.540. The Morgan fingerprint density at radius 2 is 2.11 bits per heavy atom. The van der Waals surface area contributed by atoms with Crippen LogP contribution in [0.3, 0.4) is 0 Å². The Labute approximate surface area is 111 Å². The molecule has 4 atom stereocenters. The van der Waals surface area contributed by atoms with E-state index in [4.69, 9.17) is 9.84 Å². The van der Waals surface area contributed by atoms with Crippen LogP contribution in [0, 0.1) is 11.8 Å². The Balaban J connectivity index is 1.61. The van der Waals surface area contributed by atoms with Crippen LogP contribution in [0.4, 0.5) is 0 Å². The SMILES string of the molecule is O=C[C@H]1[C@@H](CSCCCCC(=O)O)[C@H]2CC[C@@H]1O2. The van der Waals surface area contributed by atoms with Crippen LogP contribution in [0.1, 0.15) is 32.1 Å². The zero-order chi connectivity index (χ0) is 13.0. The topological polar surface area (TPSA) is 63.6 Å². The third-order valence-electron chi connectivity index (χ3n) is 3.88. The first kappa shape index (κ1) is 13.9. The summed E-state index contributed by atoms with van der Waals surface area (Å²) in [5, 5.41) is 8.52. The van der Waals surface area contributed by atoms with Crippen LogP contribution >= 0.6 is 11.8 Å². The van der Waals surface area contributed by atoms with Crippen LogP contribution in [0.5, 0.6) is 0 Å². The minimum Gasteiger partial charge on any atom is -0.481 e. The van der Waals surface area contributed by atoms with Crippen molar-refractivity contribution in [3.63, 3.8) is 0 Å². The minimum absolute atomic E-state index is 0.0928. The summed E-state index contributed by atoms with van der Waals surface area (Å²) >= 11 is 1.83. The molecule has 0 aromatic heterocycles. The molecule has 2 aliphatic rings. The molecular formula is C13H20O4S. The molecule has 2 heterocycles. The number of carbonyl (C=O) groups excluding carboxylic acids is 1. The number of hydrogen-bond acceptors (Lipinski definition) is 4. The molecule has 2 bridgehead atoms. The number of thioether (sulfide) groups is 1. The van der Waals surface area contributed by atoms with E-state index < -0.39 is 5.97 Å². The Kier molecular flexibility index (Phi) is 5.06. The van der Waals surface area contributed by atoms with Crippen molar-refractivity contribution in [2.24, 2.45) is 11.8 Å². The monoisotopic (exact) mass is 272 g/mol. The van der Waals surface area contributed by atoms with Gasteiger partial charge in [-0.05, 0) is 37.2 Å². The van der Waals surface area contributed by atoms with Crippen LogP contribution < -0.4 is 0 Å². The summed E-state index contributed by atoms with van der Waals surface area (Å²) in [5.41, 5.74) is 0. The third kappa shape index (κ3) is 3.26. The molecular weight excluding hydrogens is 252 g/mol. The molecule has 102 valence electrons. The molecule has 0 aliphatic carbocycles. The van der Waals surface area contributed by atoms with Gasteiger partial charge >= 0.3 is 5.97 Å². The van der Waals surface area contributed by atoms with Gasteiger partial charge in [-0.1, -0.05) is 0 Å². The smallest absolute Gasteiger partial charge is 0.303 e. The molecule has 0 radical (unpaired) electrons. The van der Waals surface area contributed by atoms with E-state index >= 15 is 0 Å². The molecule has 0 aromatic carbocycles. The molecule has 0 aromatic rings. The lowest BCUT2D eigenvalue weighted by molar-refractivity contribution is -0.137. The van der Waals surface area contributed by atoms with E-state index in [-0.39, 0.29) is 24.5 Å². The van der Waals surface area contributed by atoms with Gasteiger partial charge in [0.05, 0.1) is 12.2 Å². The van der Waals surface area contributed by atoms with E-state index in [1.807, 2.05) is 11.8 Å². The van der Waals surface area contributed by atoms with Crippen LogP contribution in [-0.2, 0) is 14.3 Å². The van der Waals surface area contributed by atoms with Gasteiger partial charge in [-0.2, -0.15) is 11.8 Å². The summed E-state index contributed by atoms with van der Waals surface area (Å²) in [4.78, 5) is 21.4. The predicted octanol–water partition coefficient (Wildman–Crippen LogP) is 1.97. The molecule has 2 saturated heterocycles. The zero-order valence-corrected chi connectivity index (χ0v) is 11.2. The van der Waals surface area contributed by atoms with E-state index in [2.05, 4.69) is 0 Å². The van der Waals surface area contributed by atoms with Gasteiger partial charge in [0.1, 0.15) is 6.29 Å². The number of hydrogen-bond donors (Lipinski definition) is 1. The molecule has 2 rings (SSSR count). The minimum atomic E-state index is -0.720. The number of rotatable bonds is 8. The molecule has 18 heavy (non-hydrogen) atoms. The van der Waals surface area contributed by atoms with Gasteiger partial charge in [0.15, 0.2) is 0 Å². The first-order valence-electron chi connectivity index (χ1n) is 6.62. The highest BCUT2D eigenvalue weighted by Crippen LogP contribution is 2.43. The number of aldehydes is 1. The summed E-state index contributed by atoms with van der Waals surface area (Å²) in [6, 6.07) is 0. The fourth-order valence-corrected chi connectivity index (χ4v) is 4.20. The summed E-state index contributed by atoms with van der Waals surface area (Å²) in [6.07, 6.45) is 5.60. The molecule has 5 heteroatoms. The Morgan fingerprint density at radius 1 is 1.33 bits per heavy atom. The first-order valence-corrected chi connectivity index (χ1v) is 7.78. The molecule has 0 unspecified atom stereocenters. The molecule has 2 aliphatic heterocycles. The lowest BCUT2D eigenvalue weighted by atomic mass is 9.81. The lowest BCUT2D eigenvalue weighted by Crippen LogP contribution is -2.30. The van der Waals surface area contributed by atoms with Crippen molar-refractivity contribution >= 4 is 24.0 Å². The van der Waals surface area contributed by atoms with Crippen molar-refractivity contribution in [2.45, 2.75) is 44.3 Å². The number of unbranched alkanes of at least 4 members (excludes halogenated alkanes) is 1. The van der Waals surface area contributed by atoms with Gasteiger partial charge in [-0.25, -0.2) is 0 Å². The van der Waals surface area contributed by atoms with Crippen molar-refractivity contribution in [3.05, 3.63) is 0 Å². The third-order valence-corrected chi connectivity index (χ3v) is 5.08. The normalized spacial score (nSPS) is 33.8. The lowest BCUT2D eigenvalue weighted by Gasteiger charge is -2.23. The van der Waals surface area contributed by atoms with Crippen LogP contribution in [0.2, 0.25) is 0 Å². The van der Waals surface area contributed by atoms with Gasteiger partial charge in [-0.3, -0.25) is 4.79 Å². The highest BCUT2D eigenvalue weighted by atomic mass is 32.2. The largest absolute Gasteiger partial charge is 0.481 e. The Hall–Kier alpha value is -0.550. The maximum atomic E-state index is 11.1. The maximum Gasteiger partial charge on any atom is 0.303 e. The summed E-state index contributed by atoms with van der Waals surface area (Å²) < 4.78 is 5.78. The number of carbonyl (C=O) groups is 2. The summed E-state index contributed by atoms with van der Waals surface area (Å²) in [7, 11) is 0. The molecule has 0 saturated carbocycles. The van der Waals surface area contributed by atoms with Gasteiger partial charge < -0.3 is 14.6 Å². The predicted molar refractivity (Wildman–Crippen MR) is 69.8 cm³/mol. The van der Waals surface area contributed by atoms with Crippen LogP contribution in [-0.4, -0.2) is 41.1 Å². The van der Waals surface area contributed by atoms with E-state index in [1.54, 1.807) is 0 Å². The van der Waals surface area contributed by atoms with Gasteiger partial charge in [0.25, 0.3) is 0 Å². The molecule has 1 N–H and O–H groups in total. The van der Waals surface area contributed by atoms with E-state index in [0.29, 0.717) is 5.92 Å². The summed E-state index contributed by atoms with van der Waals surface area (Å²) in [5.74, 6) is 1.70. The average Bonchev–Trinajstić information content (AvgIpc) is 2.93. The first-order chi connectivity index (χ1) is 8.72. The van der Waals surface area contributed by atoms with Gasteiger partial charge in [0, 0.05) is 18.3 Å². The van der Waals surface area contributed by atoms with E-state index in [0.717, 1.165) is 43.5 Å². The fraction of sp³-hybridized carbons (Fsp3) is 0.846. The maximum absolute atomic E-state index is 11.1. The molecule has 0 amide bonds.